The van der Waals surface area contributed by atoms with Crippen molar-refractivity contribution in [2.45, 2.75) is 34.6 Å². The van der Waals surface area contributed by atoms with Crippen molar-refractivity contribution < 1.29 is 0 Å². The number of benzene rings is 10. The Morgan fingerprint density at radius 1 is 0.368 bits per heavy atom. The molecule has 3 aromatic heterocycles. The number of nitrogens with zero attached hydrogens (tertiary/aromatic N) is 3. The van der Waals surface area contributed by atoms with E-state index in [9.17, 15) is 0 Å². The fourth-order valence-electron chi connectivity index (χ4n) is 10.4. The van der Waals surface area contributed by atoms with Crippen molar-refractivity contribution >= 4 is 82.1 Å². The van der Waals surface area contributed by atoms with Crippen LogP contribution in [0.1, 0.15) is 37.5 Å². The van der Waals surface area contributed by atoms with Crippen LogP contribution < -0.4 is 0 Å². The molecule has 0 bridgehead atoms. The SMILES string of the molecule is C/C=C\c1ccc2c(c1C)c1c3ccccc3ccc1n2-c1ccccc1.CC.Cc1ccc(-c2ccc(-n3ccc4ccc5c(c6c7ccccc7ccc6n5-c5ccccc5)c43)cc2)cc1. The van der Waals surface area contributed by atoms with Crippen LogP contribution in [0.25, 0.3) is 110 Å². The van der Waals surface area contributed by atoms with E-state index in [1.54, 1.807) is 0 Å². The van der Waals surface area contributed by atoms with Crippen molar-refractivity contribution in [1.29, 1.82) is 0 Å². The normalized spacial score (nSPS) is 11.5. The molecule has 0 fully saturated rings. The van der Waals surface area contributed by atoms with Crippen LogP contribution in [-0.4, -0.2) is 13.7 Å². The van der Waals surface area contributed by atoms with Gasteiger partial charge in [-0.25, -0.2) is 0 Å². The molecule has 0 atom stereocenters. The Kier molecular flexibility index (Phi) is 11.0. The third-order valence-corrected chi connectivity index (χ3v) is 13.5. The van der Waals surface area contributed by atoms with E-state index in [2.05, 4.69) is 265 Å². The summed E-state index contributed by atoms with van der Waals surface area (Å²) < 4.78 is 7.16. The minimum absolute atomic E-state index is 1.16. The molecule has 13 rings (SSSR count). The Balaban J connectivity index is 0.000000153. The van der Waals surface area contributed by atoms with Gasteiger partial charge in [-0.15, -0.1) is 0 Å². The van der Waals surface area contributed by atoms with Crippen LogP contribution in [0, 0.1) is 13.8 Å². The molecule has 3 heteroatoms. The fraction of sp³-hybridized carbons (Fsp3) is 0.0769. The second-order valence-electron chi connectivity index (χ2n) is 17.4. The highest BCUT2D eigenvalue weighted by atomic mass is 15.0. The zero-order valence-corrected chi connectivity index (χ0v) is 39.3. The van der Waals surface area contributed by atoms with Gasteiger partial charge < -0.3 is 13.7 Å². The van der Waals surface area contributed by atoms with Gasteiger partial charge in [-0.3, -0.25) is 0 Å². The molecule has 328 valence electrons. The second kappa shape index (κ2) is 17.8. The third kappa shape index (κ3) is 7.07. The van der Waals surface area contributed by atoms with Gasteiger partial charge >= 0.3 is 0 Å². The maximum atomic E-state index is 2.41. The van der Waals surface area contributed by atoms with Crippen LogP contribution in [0.5, 0.6) is 0 Å². The molecule has 0 N–H and O–H groups in total. The van der Waals surface area contributed by atoms with Crippen LogP contribution in [0.15, 0.2) is 225 Å². The van der Waals surface area contributed by atoms with Gasteiger partial charge in [-0.2, -0.15) is 0 Å². The quantitative estimate of drug-likeness (QED) is 0.164. The molecule has 0 radical (unpaired) electrons. The van der Waals surface area contributed by atoms with Gasteiger partial charge in [0.15, 0.2) is 0 Å². The van der Waals surface area contributed by atoms with Crippen molar-refractivity contribution in [3.05, 3.63) is 241 Å². The summed E-state index contributed by atoms with van der Waals surface area (Å²) in [5.41, 5.74) is 16.1. The molecule has 0 amide bonds. The largest absolute Gasteiger partial charge is 0.316 e. The van der Waals surface area contributed by atoms with E-state index >= 15 is 0 Å². The summed E-state index contributed by atoms with van der Waals surface area (Å²) >= 11 is 0. The van der Waals surface area contributed by atoms with Crippen LogP contribution in [0.2, 0.25) is 0 Å². The van der Waals surface area contributed by atoms with Crippen molar-refractivity contribution in [2.24, 2.45) is 0 Å². The van der Waals surface area contributed by atoms with E-state index in [-0.39, 0.29) is 0 Å². The van der Waals surface area contributed by atoms with Crippen molar-refractivity contribution in [3.8, 4) is 28.2 Å². The van der Waals surface area contributed by atoms with E-state index in [0.29, 0.717) is 0 Å². The Morgan fingerprint density at radius 3 is 1.38 bits per heavy atom. The standard InChI is InChI=1S/C37H26N2.C26H21N.C2H6/c1-25-11-13-26(14-12-25)27-15-19-30(20-16-27)38-24-23-29-18-22-34-36(37(29)38)35-32-10-6-5-7-28(32)17-21-33(35)39(34)31-8-3-2-4-9-31;1-3-9-19-14-16-23-25(18(19)2)26-22-13-8-7-10-20(22)15-17-24(26)27(23)21-11-5-4-6-12-21;1-2/h2-24H,1H3;3-17H,1-2H3;1-2H3/b;9-3-;. The van der Waals surface area contributed by atoms with Crippen molar-refractivity contribution in [3.63, 3.8) is 0 Å². The Hall–Kier alpha value is -8.40. The predicted molar refractivity (Wildman–Crippen MR) is 294 cm³/mol. The average Bonchev–Trinajstić information content (AvgIpc) is 4.10. The Bertz CT molecular complexity index is 3980. The maximum absolute atomic E-state index is 2.41. The van der Waals surface area contributed by atoms with Crippen molar-refractivity contribution in [1.82, 2.24) is 13.7 Å². The summed E-state index contributed by atoms with van der Waals surface area (Å²) in [7, 11) is 0. The van der Waals surface area contributed by atoms with Crippen LogP contribution in [-0.2, 0) is 0 Å². The number of fused-ring (bicyclic) bond motifs is 12. The van der Waals surface area contributed by atoms with Gasteiger partial charge in [0.05, 0.1) is 27.6 Å². The van der Waals surface area contributed by atoms with Gasteiger partial charge in [-0.05, 0) is 131 Å². The molecule has 3 nitrogen and oxygen atoms in total. The molecule has 0 aliphatic heterocycles. The van der Waals surface area contributed by atoms with E-state index in [0.717, 1.165) is 5.69 Å². The van der Waals surface area contributed by atoms with Gasteiger partial charge in [0, 0.05) is 50.2 Å². The minimum Gasteiger partial charge on any atom is -0.316 e. The summed E-state index contributed by atoms with van der Waals surface area (Å²) in [5, 5.41) is 11.7. The molecule has 0 saturated carbocycles. The summed E-state index contributed by atoms with van der Waals surface area (Å²) in [5.74, 6) is 0. The van der Waals surface area contributed by atoms with Crippen LogP contribution >= 0.6 is 0 Å². The van der Waals surface area contributed by atoms with E-state index in [4.69, 9.17) is 0 Å². The number of para-hydroxylation sites is 2. The van der Waals surface area contributed by atoms with Crippen molar-refractivity contribution in [2.75, 3.05) is 0 Å². The first kappa shape index (κ1) is 42.2. The summed E-state index contributed by atoms with van der Waals surface area (Å²) in [6, 6.07) is 76.8. The first-order valence-electron chi connectivity index (χ1n) is 23.9. The van der Waals surface area contributed by atoms with E-state index in [1.807, 2.05) is 13.8 Å². The first-order valence-corrected chi connectivity index (χ1v) is 23.9. The number of hydrogen-bond acceptors (Lipinski definition) is 0. The highest BCUT2D eigenvalue weighted by molar-refractivity contribution is 6.28. The molecule has 3 heterocycles. The average molecular weight is 876 g/mol. The fourth-order valence-corrected chi connectivity index (χ4v) is 10.4. The Labute approximate surface area is 398 Å². The molecule has 0 unspecified atom stereocenters. The molecule has 0 aliphatic carbocycles. The van der Waals surface area contributed by atoms with Crippen LogP contribution in [0.4, 0.5) is 0 Å². The van der Waals surface area contributed by atoms with E-state index in [1.165, 1.54) is 115 Å². The molecule has 68 heavy (non-hydrogen) atoms. The molecular formula is C65H53N3. The molecule has 13 aromatic rings. The summed E-state index contributed by atoms with van der Waals surface area (Å²) in [4.78, 5) is 0. The van der Waals surface area contributed by atoms with Crippen LogP contribution in [0.3, 0.4) is 0 Å². The summed E-state index contributed by atoms with van der Waals surface area (Å²) in [6.45, 7) is 10.4. The topological polar surface area (TPSA) is 14.8 Å². The molecule has 0 spiro atoms. The molecule has 0 saturated heterocycles. The lowest BCUT2D eigenvalue weighted by Crippen LogP contribution is -1.94. The number of aromatic nitrogens is 3. The smallest absolute Gasteiger partial charge is 0.0628 e. The van der Waals surface area contributed by atoms with Gasteiger partial charge in [0.25, 0.3) is 0 Å². The summed E-state index contributed by atoms with van der Waals surface area (Å²) in [6.07, 6.45) is 6.52. The van der Waals surface area contributed by atoms with Gasteiger partial charge in [0.1, 0.15) is 0 Å². The highest BCUT2D eigenvalue weighted by Crippen LogP contribution is 2.42. The molecular weight excluding hydrogens is 823 g/mol. The first-order chi connectivity index (χ1) is 33.6. The highest BCUT2D eigenvalue weighted by Gasteiger charge is 2.20. The lowest BCUT2D eigenvalue weighted by Gasteiger charge is -2.10. The van der Waals surface area contributed by atoms with Gasteiger partial charge in [0.2, 0.25) is 0 Å². The zero-order chi connectivity index (χ0) is 46.3. The molecule has 10 aromatic carbocycles. The number of hydrogen-bond donors (Lipinski definition) is 0. The van der Waals surface area contributed by atoms with E-state index < -0.39 is 0 Å². The zero-order valence-electron chi connectivity index (χ0n) is 39.3. The second-order valence-corrected chi connectivity index (χ2v) is 17.4. The predicted octanol–water partition coefficient (Wildman–Crippen LogP) is 18.2. The lowest BCUT2D eigenvalue weighted by molar-refractivity contribution is 1.13. The van der Waals surface area contributed by atoms with Gasteiger partial charge in [-0.1, -0.05) is 177 Å². The lowest BCUT2D eigenvalue weighted by atomic mass is 9.98. The number of aryl methyl sites for hydroxylation is 2. The third-order valence-electron chi connectivity index (χ3n) is 13.5. The maximum Gasteiger partial charge on any atom is 0.0628 e. The number of rotatable bonds is 5. The minimum atomic E-state index is 1.16. The Morgan fingerprint density at radius 2 is 0.824 bits per heavy atom. The number of allylic oxidation sites excluding steroid dienone is 1. The monoisotopic (exact) mass is 875 g/mol. The molecule has 0 aliphatic rings.